The van der Waals surface area contributed by atoms with Crippen molar-refractivity contribution in [3.63, 3.8) is 0 Å². The van der Waals surface area contributed by atoms with E-state index < -0.39 is 0 Å². The number of nitrogens with zero attached hydrogens (tertiary/aromatic N) is 7. The van der Waals surface area contributed by atoms with Crippen molar-refractivity contribution in [2.75, 3.05) is 5.73 Å². The fourth-order valence-electron chi connectivity index (χ4n) is 1.50. The van der Waals surface area contributed by atoms with Crippen LogP contribution in [0.4, 0.5) is 5.95 Å². The number of nitrogens with two attached hydrogens (primary N) is 1. The van der Waals surface area contributed by atoms with Gasteiger partial charge in [0.1, 0.15) is 0 Å². The van der Waals surface area contributed by atoms with Gasteiger partial charge in [-0.1, -0.05) is 11.6 Å². The molecule has 0 aliphatic rings. The lowest BCUT2D eigenvalue weighted by Crippen LogP contribution is -2.11. The zero-order valence-corrected chi connectivity index (χ0v) is 10.7. The molecule has 0 aliphatic carbocycles. The third kappa shape index (κ3) is 2.13. The number of anilines is 1. The second-order valence-electron chi connectivity index (χ2n) is 3.75. The van der Waals surface area contributed by atoms with E-state index in [0.717, 1.165) is 0 Å². The lowest BCUT2D eigenvalue weighted by molar-refractivity contribution is 0.744. The van der Waals surface area contributed by atoms with Gasteiger partial charge in [-0.3, -0.25) is 0 Å². The Morgan fingerprint density at radius 2 is 1.89 bits per heavy atom. The number of rotatable bonds is 2. The Balaban J connectivity index is 2.12. The van der Waals surface area contributed by atoms with Gasteiger partial charge in [0.2, 0.25) is 5.95 Å². The molecule has 96 valence electrons. The Hall–Kier alpha value is -2.48. The largest absolute Gasteiger partial charge is 0.368 e. The first-order valence-electron chi connectivity index (χ1n) is 5.37. The molecular weight excluding hydrogens is 268 g/mol. The summed E-state index contributed by atoms with van der Waals surface area (Å²) in [5.74, 6) is 0.685. The Morgan fingerprint density at radius 3 is 2.47 bits per heavy atom. The average Bonchev–Trinajstić information content (AvgIpc) is 3.00. The molecule has 0 fully saturated rings. The monoisotopic (exact) mass is 276 g/mol. The second-order valence-corrected chi connectivity index (χ2v) is 4.16. The predicted molar refractivity (Wildman–Crippen MR) is 68.2 cm³/mol. The van der Waals surface area contributed by atoms with Crippen molar-refractivity contribution in [2.45, 2.75) is 6.92 Å². The molecule has 0 aliphatic heterocycles. The molecule has 8 nitrogen and oxygen atoms in total. The molecule has 19 heavy (non-hydrogen) atoms. The van der Waals surface area contributed by atoms with E-state index in [-0.39, 0.29) is 11.9 Å². The number of aryl methyl sites for hydroxylation is 1. The van der Waals surface area contributed by atoms with E-state index in [2.05, 4.69) is 25.1 Å². The zero-order chi connectivity index (χ0) is 13.4. The van der Waals surface area contributed by atoms with Gasteiger partial charge in [0.15, 0.2) is 0 Å². The molecule has 0 spiro atoms. The predicted octanol–water partition coefficient (Wildman–Crippen LogP) is 0.787. The van der Waals surface area contributed by atoms with Crippen LogP contribution in [0.3, 0.4) is 0 Å². The number of hydrogen-bond donors (Lipinski definition) is 1. The summed E-state index contributed by atoms with van der Waals surface area (Å²) in [6.07, 6.45) is 4.94. The highest BCUT2D eigenvalue weighted by atomic mass is 35.5. The average molecular weight is 277 g/mol. The van der Waals surface area contributed by atoms with E-state index in [1.54, 1.807) is 31.6 Å². The minimum atomic E-state index is 0.0831. The number of aromatic nitrogens is 7. The third-order valence-electron chi connectivity index (χ3n) is 2.38. The molecular formula is C10H9ClN8. The van der Waals surface area contributed by atoms with Crippen LogP contribution in [-0.2, 0) is 0 Å². The van der Waals surface area contributed by atoms with Crippen LogP contribution < -0.4 is 5.73 Å². The van der Waals surface area contributed by atoms with Gasteiger partial charge in [-0.05, 0) is 13.0 Å². The quantitative estimate of drug-likeness (QED) is 0.742. The standard InChI is InChI=1S/C10H9ClN8/c1-6-7(11)5-19(17-6)10-15-8(12)14-9(16-10)18-4-2-3-13-18/h2-5H,1H3,(H2,12,14,15,16). The Morgan fingerprint density at radius 1 is 1.16 bits per heavy atom. The number of hydrogen-bond acceptors (Lipinski definition) is 6. The van der Waals surface area contributed by atoms with Crippen molar-refractivity contribution in [1.82, 2.24) is 34.5 Å². The van der Waals surface area contributed by atoms with Gasteiger partial charge >= 0.3 is 0 Å². The van der Waals surface area contributed by atoms with E-state index in [9.17, 15) is 0 Å². The summed E-state index contributed by atoms with van der Waals surface area (Å²) in [7, 11) is 0. The summed E-state index contributed by atoms with van der Waals surface area (Å²) in [5, 5.41) is 8.76. The molecule has 0 atom stereocenters. The molecule has 0 aromatic carbocycles. The van der Waals surface area contributed by atoms with E-state index in [0.29, 0.717) is 16.7 Å². The van der Waals surface area contributed by atoms with Crippen molar-refractivity contribution < 1.29 is 0 Å². The molecule has 2 N–H and O–H groups in total. The van der Waals surface area contributed by atoms with E-state index in [4.69, 9.17) is 17.3 Å². The molecule has 3 aromatic rings. The van der Waals surface area contributed by atoms with Gasteiger partial charge in [-0.25, -0.2) is 9.36 Å². The normalized spacial score (nSPS) is 10.8. The van der Waals surface area contributed by atoms with Crippen molar-refractivity contribution in [3.05, 3.63) is 35.4 Å². The summed E-state index contributed by atoms with van der Waals surface area (Å²) >= 11 is 5.96. The van der Waals surface area contributed by atoms with Crippen LogP contribution in [0.25, 0.3) is 11.9 Å². The van der Waals surface area contributed by atoms with Crippen molar-refractivity contribution in [1.29, 1.82) is 0 Å². The van der Waals surface area contributed by atoms with Crippen LogP contribution in [0.2, 0.25) is 5.02 Å². The molecule has 0 unspecified atom stereocenters. The van der Waals surface area contributed by atoms with E-state index >= 15 is 0 Å². The molecule has 3 aromatic heterocycles. The Kier molecular flexibility index (Phi) is 2.64. The van der Waals surface area contributed by atoms with Crippen LogP contribution >= 0.6 is 11.6 Å². The van der Waals surface area contributed by atoms with Gasteiger partial charge in [0, 0.05) is 12.4 Å². The second kappa shape index (κ2) is 4.32. The number of halogens is 1. The topological polar surface area (TPSA) is 100 Å². The molecule has 0 bridgehead atoms. The van der Waals surface area contributed by atoms with Crippen LogP contribution in [0.5, 0.6) is 0 Å². The molecule has 0 amide bonds. The zero-order valence-electron chi connectivity index (χ0n) is 9.90. The van der Waals surface area contributed by atoms with Gasteiger partial charge in [0.05, 0.1) is 16.9 Å². The lowest BCUT2D eigenvalue weighted by atomic mass is 10.5. The van der Waals surface area contributed by atoms with Crippen LogP contribution in [0.15, 0.2) is 24.7 Å². The van der Waals surface area contributed by atoms with Crippen LogP contribution in [0.1, 0.15) is 5.69 Å². The number of nitrogen functional groups attached to an aromatic ring is 1. The SMILES string of the molecule is Cc1nn(-c2nc(N)nc(-n3cccn3)n2)cc1Cl. The maximum atomic E-state index is 5.96. The lowest BCUT2D eigenvalue weighted by Gasteiger charge is -2.04. The molecule has 0 saturated carbocycles. The highest BCUT2D eigenvalue weighted by Gasteiger charge is 2.11. The van der Waals surface area contributed by atoms with Crippen molar-refractivity contribution in [3.8, 4) is 11.9 Å². The van der Waals surface area contributed by atoms with Gasteiger partial charge in [-0.2, -0.15) is 25.1 Å². The first-order valence-corrected chi connectivity index (χ1v) is 5.75. The van der Waals surface area contributed by atoms with Crippen LogP contribution in [-0.4, -0.2) is 34.5 Å². The third-order valence-corrected chi connectivity index (χ3v) is 2.75. The molecule has 0 radical (unpaired) electrons. The van der Waals surface area contributed by atoms with Gasteiger partial charge in [-0.15, -0.1) is 0 Å². The summed E-state index contributed by atoms with van der Waals surface area (Å²) < 4.78 is 2.93. The van der Waals surface area contributed by atoms with E-state index in [1.165, 1.54) is 9.36 Å². The van der Waals surface area contributed by atoms with Gasteiger partial charge < -0.3 is 5.73 Å². The molecule has 3 heterocycles. The Labute approximate surface area is 112 Å². The molecule has 9 heteroatoms. The molecule has 3 rings (SSSR count). The summed E-state index contributed by atoms with van der Waals surface area (Å²) in [4.78, 5) is 12.3. The summed E-state index contributed by atoms with van der Waals surface area (Å²) in [5.41, 5.74) is 6.35. The molecule has 0 saturated heterocycles. The summed E-state index contributed by atoms with van der Waals surface area (Å²) in [6.45, 7) is 1.79. The maximum Gasteiger partial charge on any atom is 0.257 e. The van der Waals surface area contributed by atoms with Crippen LogP contribution in [0, 0.1) is 6.92 Å². The highest BCUT2D eigenvalue weighted by molar-refractivity contribution is 6.31. The Bertz CT molecular complexity index is 698. The maximum absolute atomic E-state index is 5.96. The fourth-order valence-corrected chi connectivity index (χ4v) is 1.63. The first-order chi connectivity index (χ1) is 9.13. The first kappa shape index (κ1) is 11.6. The van der Waals surface area contributed by atoms with Crippen molar-refractivity contribution >= 4 is 17.5 Å². The summed E-state index contributed by atoms with van der Waals surface area (Å²) in [6, 6.07) is 1.76. The smallest absolute Gasteiger partial charge is 0.257 e. The minimum Gasteiger partial charge on any atom is -0.368 e. The fraction of sp³-hybridized carbons (Fsp3) is 0.100. The van der Waals surface area contributed by atoms with E-state index in [1.807, 2.05) is 0 Å². The minimum absolute atomic E-state index is 0.0831. The van der Waals surface area contributed by atoms with Crippen molar-refractivity contribution in [2.24, 2.45) is 0 Å². The highest BCUT2D eigenvalue weighted by Crippen LogP contribution is 2.15. The van der Waals surface area contributed by atoms with Gasteiger partial charge in [0.25, 0.3) is 11.9 Å².